The fourth-order valence-corrected chi connectivity index (χ4v) is 5.52. The second-order valence-corrected chi connectivity index (χ2v) is 8.97. The monoisotopic (exact) mass is 411 g/mol. The van der Waals surface area contributed by atoms with Gasteiger partial charge in [0.2, 0.25) is 11.7 Å². The molecule has 0 saturated carbocycles. The highest BCUT2D eigenvalue weighted by Gasteiger charge is 2.77. The predicted molar refractivity (Wildman–Crippen MR) is 113 cm³/mol. The SMILES string of the molecule is C=CC(C)(C)C12C=C(OC)C(=O)N3C(C(C)C)C(=O)NC31N(OC)c1ccccc12. The maximum Gasteiger partial charge on any atom is 0.292 e. The standard InChI is InChI=1S/C23H29N3O4/c1-8-21(4,5)22-13-17(29-6)20(28)25-18(14(2)3)19(27)24-23(22,25)26(30-7)16-12-10-9-11-15(16)22/h8-14,18H,1H2,2-7H3,(H,24,27). The second-order valence-electron chi connectivity index (χ2n) is 8.97. The maximum absolute atomic E-state index is 13.6. The topological polar surface area (TPSA) is 71.1 Å². The summed E-state index contributed by atoms with van der Waals surface area (Å²) in [7, 11) is 3.03. The Morgan fingerprint density at radius 2 is 1.90 bits per heavy atom. The normalized spacial score (nSPS) is 30.0. The van der Waals surface area contributed by atoms with Crippen molar-refractivity contribution in [2.75, 3.05) is 19.3 Å². The number of nitrogens with one attached hydrogen (secondary N) is 1. The van der Waals surface area contributed by atoms with E-state index in [0.717, 1.165) is 11.3 Å². The van der Waals surface area contributed by atoms with Crippen molar-refractivity contribution in [1.29, 1.82) is 0 Å². The predicted octanol–water partition coefficient (Wildman–Crippen LogP) is 2.70. The maximum atomic E-state index is 13.6. The summed E-state index contributed by atoms with van der Waals surface area (Å²) in [6.45, 7) is 12.0. The lowest BCUT2D eigenvalue weighted by Crippen LogP contribution is -2.77. The van der Waals surface area contributed by atoms with Crippen LogP contribution in [0.1, 0.15) is 33.3 Å². The molecule has 3 aliphatic rings. The third-order valence-electron chi connectivity index (χ3n) is 6.92. The molecule has 0 radical (unpaired) electrons. The summed E-state index contributed by atoms with van der Waals surface area (Å²) < 4.78 is 5.57. The number of anilines is 1. The van der Waals surface area contributed by atoms with Crippen molar-refractivity contribution in [3.05, 3.63) is 54.3 Å². The van der Waals surface area contributed by atoms with Gasteiger partial charge in [0.15, 0.2) is 5.76 Å². The molecule has 1 spiro atoms. The fraction of sp³-hybridized carbons (Fsp3) is 0.478. The molecule has 0 bridgehead atoms. The van der Waals surface area contributed by atoms with E-state index in [9.17, 15) is 9.59 Å². The van der Waals surface area contributed by atoms with Crippen LogP contribution in [-0.4, -0.2) is 42.8 Å². The molecule has 1 fully saturated rings. The van der Waals surface area contributed by atoms with Gasteiger partial charge in [0.05, 0.1) is 25.3 Å². The lowest BCUT2D eigenvalue weighted by Gasteiger charge is -2.57. The molecule has 0 aromatic heterocycles. The molecule has 1 aromatic rings. The van der Waals surface area contributed by atoms with Crippen LogP contribution in [0.3, 0.4) is 0 Å². The number of carbonyl (C=O) groups excluding carboxylic acids is 2. The molecular formula is C23H29N3O4. The summed E-state index contributed by atoms with van der Waals surface area (Å²) in [6, 6.07) is 7.13. The third kappa shape index (κ3) is 2.03. The Kier molecular flexibility index (Phi) is 4.33. The van der Waals surface area contributed by atoms with Crippen molar-refractivity contribution < 1.29 is 19.2 Å². The molecule has 30 heavy (non-hydrogen) atoms. The molecule has 4 rings (SSSR count). The molecule has 0 aliphatic carbocycles. The number of para-hydroxylation sites is 1. The number of ether oxygens (including phenoxy) is 1. The first kappa shape index (κ1) is 20.5. The fourth-order valence-electron chi connectivity index (χ4n) is 5.52. The minimum Gasteiger partial charge on any atom is -0.491 e. The van der Waals surface area contributed by atoms with E-state index in [1.807, 2.05) is 64.1 Å². The number of hydroxylamine groups is 1. The molecule has 1 N–H and O–H groups in total. The molecule has 160 valence electrons. The van der Waals surface area contributed by atoms with E-state index >= 15 is 0 Å². The zero-order chi connectivity index (χ0) is 22.1. The van der Waals surface area contributed by atoms with Gasteiger partial charge >= 0.3 is 0 Å². The largest absolute Gasteiger partial charge is 0.491 e. The number of hydrogen-bond acceptors (Lipinski definition) is 5. The van der Waals surface area contributed by atoms with E-state index in [-0.39, 0.29) is 23.5 Å². The van der Waals surface area contributed by atoms with E-state index in [1.54, 1.807) is 17.1 Å². The molecule has 3 heterocycles. The van der Waals surface area contributed by atoms with Gasteiger partial charge < -0.3 is 10.1 Å². The number of carbonyl (C=O) groups is 2. The summed E-state index contributed by atoms with van der Waals surface area (Å²) in [5.74, 6) is -1.77. The van der Waals surface area contributed by atoms with Gasteiger partial charge in [0.25, 0.3) is 5.91 Å². The molecule has 7 heteroatoms. The highest BCUT2D eigenvalue weighted by Crippen LogP contribution is 2.64. The third-order valence-corrected chi connectivity index (χ3v) is 6.92. The van der Waals surface area contributed by atoms with Gasteiger partial charge in [-0.3, -0.25) is 19.3 Å². The molecule has 1 saturated heterocycles. The number of hydrogen-bond donors (Lipinski definition) is 1. The molecule has 3 aliphatic heterocycles. The van der Waals surface area contributed by atoms with Crippen molar-refractivity contribution >= 4 is 17.5 Å². The van der Waals surface area contributed by atoms with E-state index < -0.39 is 22.7 Å². The molecule has 3 unspecified atom stereocenters. The average Bonchev–Trinajstić information content (AvgIpc) is 3.16. The zero-order valence-corrected chi connectivity index (χ0v) is 18.4. The first-order valence-electron chi connectivity index (χ1n) is 10.1. The smallest absolute Gasteiger partial charge is 0.292 e. The quantitative estimate of drug-likeness (QED) is 0.755. The second kappa shape index (κ2) is 6.35. The van der Waals surface area contributed by atoms with Gasteiger partial charge in [-0.25, -0.2) is 5.06 Å². The minimum absolute atomic E-state index is 0.114. The molecule has 2 amide bonds. The first-order valence-corrected chi connectivity index (χ1v) is 10.1. The highest BCUT2D eigenvalue weighted by atomic mass is 16.7. The Morgan fingerprint density at radius 3 is 2.47 bits per heavy atom. The Hall–Kier alpha value is -2.80. The van der Waals surface area contributed by atoms with Gasteiger partial charge in [0.1, 0.15) is 6.04 Å². The van der Waals surface area contributed by atoms with Crippen LogP contribution in [0.15, 0.2) is 48.8 Å². The number of fused-ring (bicyclic) bond motifs is 2. The number of nitrogens with zero attached hydrogens (tertiary/aromatic N) is 2. The van der Waals surface area contributed by atoms with Crippen molar-refractivity contribution in [2.24, 2.45) is 11.3 Å². The molecule has 7 nitrogen and oxygen atoms in total. The molecule has 3 atom stereocenters. The highest BCUT2D eigenvalue weighted by molar-refractivity contribution is 6.02. The summed E-state index contributed by atoms with van der Waals surface area (Å²) in [5, 5.41) is 4.85. The van der Waals surface area contributed by atoms with Crippen molar-refractivity contribution in [3.63, 3.8) is 0 Å². The van der Waals surface area contributed by atoms with Crippen molar-refractivity contribution in [2.45, 2.75) is 44.9 Å². The van der Waals surface area contributed by atoms with Crippen LogP contribution in [0, 0.1) is 11.3 Å². The van der Waals surface area contributed by atoms with Gasteiger partial charge in [0, 0.05) is 5.41 Å². The molecular weight excluding hydrogens is 382 g/mol. The van der Waals surface area contributed by atoms with Gasteiger partial charge in [-0.15, -0.1) is 6.58 Å². The van der Waals surface area contributed by atoms with Crippen LogP contribution < -0.4 is 10.4 Å². The molecule has 1 aromatic carbocycles. The number of amides is 2. The lowest BCUT2D eigenvalue weighted by atomic mass is 9.57. The van der Waals surface area contributed by atoms with Crippen molar-refractivity contribution in [1.82, 2.24) is 10.2 Å². The summed E-state index contributed by atoms with van der Waals surface area (Å²) in [6.07, 6.45) is 3.70. The van der Waals surface area contributed by atoms with Crippen LogP contribution in [0.4, 0.5) is 5.69 Å². The zero-order valence-electron chi connectivity index (χ0n) is 18.4. The van der Waals surface area contributed by atoms with Crippen molar-refractivity contribution in [3.8, 4) is 0 Å². The number of allylic oxidation sites excluding steroid dienone is 1. The van der Waals surface area contributed by atoms with E-state index in [0.29, 0.717) is 0 Å². The summed E-state index contributed by atoms with van der Waals surface area (Å²) in [5.41, 5.74) is 0.199. The number of benzene rings is 1. The number of rotatable bonds is 5. The average molecular weight is 412 g/mol. The summed E-state index contributed by atoms with van der Waals surface area (Å²) >= 11 is 0. The Bertz CT molecular complexity index is 969. The first-order chi connectivity index (χ1) is 14.1. The van der Waals surface area contributed by atoms with Crippen LogP contribution in [0.25, 0.3) is 0 Å². The number of methoxy groups -OCH3 is 1. The Balaban J connectivity index is 2.20. The minimum atomic E-state index is -1.30. The Morgan fingerprint density at radius 1 is 1.23 bits per heavy atom. The van der Waals surface area contributed by atoms with Gasteiger partial charge in [-0.1, -0.05) is 52.0 Å². The van der Waals surface area contributed by atoms with Crippen LogP contribution in [-0.2, 0) is 24.6 Å². The Labute approximate surface area is 177 Å². The van der Waals surface area contributed by atoms with Gasteiger partial charge in [-0.2, -0.15) is 0 Å². The van der Waals surface area contributed by atoms with Crippen LogP contribution in [0.2, 0.25) is 0 Å². The van der Waals surface area contributed by atoms with E-state index in [1.165, 1.54) is 7.11 Å². The lowest BCUT2D eigenvalue weighted by molar-refractivity contribution is -0.153. The summed E-state index contributed by atoms with van der Waals surface area (Å²) in [4.78, 5) is 34.5. The van der Waals surface area contributed by atoms with Crippen LogP contribution >= 0.6 is 0 Å². The van der Waals surface area contributed by atoms with E-state index in [4.69, 9.17) is 9.57 Å². The van der Waals surface area contributed by atoms with E-state index in [2.05, 4.69) is 11.9 Å². The van der Waals surface area contributed by atoms with Gasteiger partial charge in [-0.05, 0) is 23.6 Å². The van der Waals surface area contributed by atoms with Crippen LogP contribution in [0.5, 0.6) is 0 Å².